The molecule has 0 fully saturated rings. The lowest BCUT2D eigenvalue weighted by Gasteiger charge is -2.12. The van der Waals surface area contributed by atoms with Crippen molar-refractivity contribution in [3.8, 4) is 0 Å². The van der Waals surface area contributed by atoms with Gasteiger partial charge in [0.2, 0.25) is 0 Å². The Balaban J connectivity index is 2.17. The Labute approximate surface area is 106 Å². The average Bonchev–Trinajstić information content (AvgIpc) is 2.80. The molecule has 2 N–H and O–H groups in total. The SMILES string of the molecule is CCc1occc1C(N)Cc1ccncc1Cl. The zero-order valence-electron chi connectivity index (χ0n) is 9.69. The summed E-state index contributed by atoms with van der Waals surface area (Å²) in [5.74, 6) is 0.947. The summed E-state index contributed by atoms with van der Waals surface area (Å²) in [4.78, 5) is 3.96. The molecule has 0 aliphatic heterocycles. The Bertz CT molecular complexity index is 496. The van der Waals surface area contributed by atoms with Crippen LogP contribution >= 0.6 is 11.6 Å². The van der Waals surface area contributed by atoms with Gasteiger partial charge in [-0.15, -0.1) is 0 Å². The molecular weight excluding hydrogens is 236 g/mol. The summed E-state index contributed by atoms with van der Waals surface area (Å²) in [7, 11) is 0. The molecule has 2 rings (SSSR count). The van der Waals surface area contributed by atoms with Crippen molar-refractivity contribution in [1.29, 1.82) is 0 Å². The fourth-order valence-corrected chi connectivity index (χ4v) is 2.08. The highest BCUT2D eigenvalue weighted by atomic mass is 35.5. The molecular formula is C13H15ClN2O. The molecule has 2 aromatic rings. The Morgan fingerprint density at radius 3 is 3.00 bits per heavy atom. The van der Waals surface area contributed by atoms with Gasteiger partial charge in [-0.3, -0.25) is 4.98 Å². The third kappa shape index (κ3) is 2.68. The molecule has 0 saturated heterocycles. The van der Waals surface area contributed by atoms with Crippen LogP contribution in [0.5, 0.6) is 0 Å². The molecule has 2 heterocycles. The van der Waals surface area contributed by atoms with E-state index in [9.17, 15) is 0 Å². The van der Waals surface area contributed by atoms with E-state index in [1.807, 2.05) is 12.1 Å². The second-order valence-electron chi connectivity index (χ2n) is 3.93. The van der Waals surface area contributed by atoms with Gasteiger partial charge in [0.15, 0.2) is 0 Å². The van der Waals surface area contributed by atoms with Gasteiger partial charge >= 0.3 is 0 Å². The zero-order chi connectivity index (χ0) is 12.3. The number of aryl methyl sites for hydroxylation is 1. The van der Waals surface area contributed by atoms with Crippen molar-refractivity contribution >= 4 is 11.6 Å². The van der Waals surface area contributed by atoms with Crippen molar-refractivity contribution in [2.24, 2.45) is 5.73 Å². The highest BCUT2D eigenvalue weighted by molar-refractivity contribution is 6.31. The van der Waals surface area contributed by atoms with E-state index in [0.29, 0.717) is 11.4 Å². The normalized spacial score (nSPS) is 12.6. The predicted molar refractivity (Wildman–Crippen MR) is 68.0 cm³/mol. The Morgan fingerprint density at radius 1 is 1.47 bits per heavy atom. The van der Waals surface area contributed by atoms with Gasteiger partial charge in [0.05, 0.1) is 11.3 Å². The first-order valence-corrected chi connectivity index (χ1v) is 6.00. The molecule has 0 aliphatic rings. The third-order valence-corrected chi connectivity index (χ3v) is 3.14. The number of hydrogen-bond acceptors (Lipinski definition) is 3. The Morgan fingerprint density at radius 2 is 2.29 bits per heavy atom. The molecule has 1 unspecified atom stereocenters. The maximum Gasteiger partial charge on any atom is 0.108 e. The van der Waals surface area contributed by atoms with E-state index >= 15 is 0 Å². The molecule has 0 bridgehead atoms. The van der Waals surface area contributed by atoms with Crippen LogP contribution in [0.2, 0.25) is 5.02 Å². The molecule has 0 spiro atoms. The predicted octanol–water partition coefficient (Wildman–Crippen LogP) is 3.13. The quantitative estimate of drug-likeness (QED) is 0.907. The van der Waals surface area contributed by atoms with Gasteiger partial charge < -0.3 is 10.2 Å². The summed E-state index contributed by atoms with van der Waals surface area (Å²) in [6.07, 6.45) is 6.58. The first-order valence-electron chi connectivity index (χ1n) is 5.62. The smallest absolute Gasteiger partial charge is 0.108 e. The monoisotopic (exact) mass is 250 g/mol. The van der Waals surface area contributed by atoms with E-state index in [4.69, 9.17) is 21.8 Å². The van der Waals surface area contributed by atoms with Crippen LogP contribution in [0.1, 0.15) is 29.9 Å². The lowest BCUT2D eigenvalue weighted by molar-refractivity contribution is 0.505. The van der Waals surface area contributed by atoms with Crippen LogP contribution in [-0.4, -0.2) is 4.98 Å². The minimum absolute atomic E-state index is 0.0939. The molecule has 1 atom stereocenters. The number of nitrogens with two attached hydrogens (primary N) is 1. The standard InChI is InChI=1S/C13H15ClN2O/c1-2-13-10(4-6-17-13)12(15)7-9-3-5-16-8-11(9)14/h3-6,8,12H,2,7,15H2,1H3. The van der Waals surface area contributed by atoms with Gasteiger partial charge in [-0.05, 0) is 24.1 Å². The zero-order valence-corrected chi connectivity index (χ0v) is 10.4. The molecule has 90 valence electrons. The lowest BCUT2D eigenvalue weighted by Crippen LogP contribution is -2.14. The number of aromatic nitrogens is 1. The summed E-state index contributed by atoms with van der Waals surface area (Å²) < 4.78 is 5.38. The molecule has 4 heteroatoms. The number of hydrogen-bond donors (Lipinski definition) is 1. The second kappa shape index (κ2) is 5.34. The maximum absolute atomic E-state index is 6.18. The average molecular weight is 251 g/mol. The number of rotatable bonds is 4. The first kappa shape index (κ1) is 12.1. The van der Waals surface area contributed by atoms with Crippen molar-refractivity contribution in [1.82, 2.24) is 4.98 Å². The summed E-state index contributed by atoms with van der Waals surface area (Å²) >= 11 is 6.06. The molecule has 0 radical (unpaired) electrons. The molecule has 2 aromatic heterocycles. The van der Waals surface area contributed by atoms with Gasteiger partial charge in [0.25, 0.3) is 0 Å². The van der Waals surface area contributed by atoms with Crippen LogP contribution in [0.4, 0.5) is 0 Å². The second-order valence-corrected chi connectivity index (χ2v) is 4.34. The van der Waals surface area contributed by atoms with Gasteiger partial charge in [0, 0.05) is 30.4 Å². The minimum atomic E-state index is -0.0939. The highest BCUT2D eigenvalue weighted by Crippen LogP contribution is 2.24. The molecule has 0 aliphatic carbocycles. The van der Waals surface area contributed by atoms with E-state index in [0.717, 1.165) is 23.3 Å². The van der Waals surface area contributed by atoms with Crippen LogP contribution in [0.25, 0.3) is 0 Å². The summed E-state index contributed by atoms with van der Waals surface area (Å²) in [6, 6.07) is 3.73. The minimum Gasteiger partial charge on any atom is -0.469 e. The number of halogens is 1. The van der Waals surface area contributed by atoms with E-state index in [1.54, 1.807) is 18.7 Å². The van der Waals surface area contributed by atoms with E-state index in [-0.39, 0.29) is 6.04 Å². The third-order valence-electron chi connectivity index (χ3n) is 2.80. The first-order chi connectivity index (χ1) is 8.22. The van der Waals surface area contributed by atoms with E-state index in [1.165, 1.54) is 0 Å². The molecule has 0 saturated carbocycles. The summed E-state index contributed by atoms with van der Waals surface area (Å²) in [5.41, 5.74) is 8.25. The number of furan rings is 1. The molecule has 17 heavy (non-hydrogen) atoms. The summed E-state index contributed by atoms with van der Waals surface area (Å²) in [5, 5.41) is 0.657. The summed E-state index contributed by atoms with van der Waals surface area (Å²) in [6.45, 7) is 2.05. The Hall–Kier alpha value is -1.32. The largest absolute Gasteiger partial charge is 0.469 e. The van der Waals surface area contributed by atoms with Gasteiger partial charge in [-0.25, -0.2) is 0 Å². The van der Waals surface area contributed by atoms with Crippen molar-refractivity contribution in [2.75, 3.05) is 0 Å². The molecule has 0 aromatic carbocycles. The van der Waals surface area contributed by atoms with Gasteiger partial charge in [0.1, 0.15) is 5.76 Å². The van der Waals surface area contributed by atoms with E-state index < -0.39 is 0 Å². The van der Waals surface area contributed by atoms with Crippen molar-refractivity contribution in [3.63, 3.8) is 0 Å². The van der Waals surface area contributed by atoms with Gasteiger partial charge in [-0.2, -0.15) is 0 Å². The fourth-order valence-electron chi connectivity index (χ4n) is 1.88. The number of nitrogens with zero attached hydrogens (tertiary/aromatic N) is 1. The fraction of sp³-hybridized carbons (Fsp3) is 0.308. The molecule has 0 amide bonds. The Kier molecular flexibility index (Phi) is 3.82. The van der Waals surface area contributed by atoms with Crippen molar-refractivity contribution in [3.05, 3.63) is 52.7 Å². The van der Waals surface area contributed by atoms with Crippen LogP contribution in [0, 0.1) is 0 Å². The van der Waals surface area contributed by atoms with Crippen LogP contribution in [0.3, 0.4) is 0 Å². The lowest BCUT2D eigenvalue weighted by atomic mass is 10.00. The van der Waals surface area contributed by atoms with Gasteiger partial charge in [-0.1, -0.05) is 18.5 Å². The number of pyridine rings is 1. The topological polar surface area (TPSA) is 52.0 Å². The van der Waals surface area contributed by atoms with Crippen molar-refractivity contribution in [2.45, 2.75) is 25.8 Å². The van der Waals surface area contributed by atoms with Crippen LogP contribution < -0.4 is 5.73 Å². The van der Waals surface area contributed by atoms with Crippen LogP contribution in [0.15, 0.2) is 35.2 Å². The highest BCUT2D eigenvalue weighted by Gasteiger charge is 2.14. The maximum atomic E-state index is 6.18. The molecule has 3 nitrogen and oxygen atoms in total. The van der Waals surface area contributed by atoms with Crippen LogP contribution in [-0.2, 0) is 12.8 Å². The van der Waals surface area contributed by atoms with E-state index in [2.05, 4.69) is 11.9 Å². The van der Waals surface area contributed by atoms with Crippen molar-refractivity contribution < 1.29 is 4.42 Å².